The molecule has 0 N–H and O–H groups in total. The maximum absolute atomic E-state index is 2.52. The molecule has 1 aromatic heterocycles. The first-order valence-corrected chi connectivity index (χ1v) is 15.6. The molecule has 1 aliphatic rings. The van der Waals surface area contributed by atoms with E-state index in [1.807, 2.05) is 0 Å². The van der Waals surface area contributed by atoms with Crippen molar-refractivity contribution in [1.29, 1.82) is 0 Å². The van der Waals surface area contributed by atoms with E-state index < -0.39 is 10.0 Å². The van der Waals surface area contributed by atoms with Gasteiger partial charge in [-0.2, -0.15) is 0 Å². The van der Waals surface area contributed by atoms with Gasteiger partial charge in [0.2, 0.25) is 0 Å². The van der Waals surface area contributed by atoms with Crippen molar-refractivity contribution in [2.24, 2.45) is 0 Å². The van der Waals surface area contributed by atoms with E-state index in [1.165, 1.54) is 58.2 Å². The van der Waals surface area contributed by atoms with Gasteiger partial charge in [-0.3, -0.25) is 0 Å². The minimum Gasteiger partial charge on any atom is -0.307 e. The Morgan fingerprint density at radius 1 is 0.675 bits per heavy atom. The van der Waals surface area contributed by atoms with E-state index in [9.17, 15) is 0 Å². The van der Waals surface area contributed by atoms with E-state index >= 15 is 0 Å². The standard InChI is InChI=1S/C38H35NS/c1-5-8-17-28(4)29-25-26-34-33(27-29)32-21-15-24-37-38(32)39(34)35-22-13-14-23-36(35)40(37,31-19-11-10-12-20-31)30(16-7-3)18-9-6-2/h5-27H,1-4H3/b8-5-,9-6-,16-7-,28-17+,30-18+. The van der Waals surface area contributed by atoms with Gasteiger partial charge < -0.3 is 4.57 Å². The molecule has 5 aromatic rings. The van der Waals surface area contributed by atoms with Crippen molar-refractivity contribution in [2.45, 2.75) is 42.4 Å². The molecule has 1 atom stereocenters. The summed E-state index contributed by atoms with van der Waals surface area (Å²) in [5, 5.41) is 2.60. The first kappa shape index (κ1) is 26.0. The molecule has 1 unspecified atom stereocenters. The van der Waals surface area contributed by atoms with Crippen molar-refractivity contribution in [2.75, 3.05) is 0 Å². The number of hydrogen-bond donors (Lipinski definition) is 0. The fourth-order valence-electron chi connectivity index (χ4n) is 6.02. The number of para-hydroxylation sites is 2. The molecule has 1 aliphatic heterocycles. The summed E-state index contributed by atoms with van der Waals surface area (Å²) in [5.41, 5.74) is 6.36. The molecule has 198 valence electrons. The van der Waals surface area contributed by atoms with Crippen LogP contribution in [-0.2, 0) is 0 Å². The smallest absolute Gasteiger partial charge is 0.0671 e. The maximum atomic E-state index is 2.52. The Labute approximate surface area is 239 Å². The first-order valence-electron chi connectivity index (χ1n) is 14.0. The van der Waals surface area contributed by atoms with Gasteiger partial charge in [-0.05, 0) is 87.4 Å². The van der Waals surface area contributed by atoms with Crippen molar-refractivity contribution in [3.63, 3.8) is 0 Å². The van der Waals surface area contributed by atoms with Crippen LogP contribution in [0.5, 0.6) is 0 Å². The Bertz CT molecular complexity index is 1880. The lowest BCUT2D eigenvalue weighted by atomic mass is 10.0. The molecule has 0 aliphatic carbocycles. The van der Waals surface area contributed by atoms with E-state index in [2.05, 4.69) is 172 Å². The van der Waals surface area contributed by atoms with Gasteiger partial charge in [0, 0.05) is 30.4 Å². The summed E-state index contributed by atoms with van der Waals surface area (Å²) >= 11 is 0. The topological polar surface area (TPSA) is 4.93 Å². The maximum Gasteiger partial charge on any atom is 0.0671 e. The van der Waals surface area contributed by atoms with Gasteiger partial charge in [-0.1, -0.05) is 91.1 Å². The summed E-state index contributed by atoms with van der Waals surface area (Å²) in [7, 11) is -1.78. The third kappa shape index (κ3) is 3.86. The molecule has 0 amide bonds. The third-order valence-corrected chi connectivity index (χ3v) is 11.7. The Morgan fingerprint density at radius 2 is 1.40 bits per heavy atom. The Morgan fingerprint density at radius 3 is 2.17 bits per heavy atom. The third-order valence-electron chi connectivity index (χ3n) is 7.74. The Hall–Kier alpha value is -4.27. The minimum absolute atomic E-state index is 1.25. The molecular weight excluding hydrogens is 502 g/mol. The quantitative estimate of drug-likeness (QED) is 0.190. The molecule has 0 bridgehead atoms. The van der Waals surface area contributed by atoms with Crippen LogP contribution in [0.25, 0.3) is 33.1 Å². The summed E-state index contributed by atoms with van der Waals surface area (Å²) in [4.78, 5) is 5.45. The molecular formula is C38H35NS. The van der Waals surface area contributed by atoms with Gasteiger partial charge in [0.15, 0.2) is 0 Å². The Kier molecular flexibility index (Phi) is 6.96. The second-order valence-electron chi connectivity index (χ2n) is 10.1. The normalized spacial score (nSPS) is 19.2. The molecule has 0 radical (unpaired) electrons. The highest BCUT2D eigenvalue weighted by molar-refractivity contribution is 8.37. The molecule has 6 rings (SSSR count). The second kappa shape index (κ2) is 10.7. The van der Waals surface area contributed by atoms with Crippen LogP contribution in [0, 0.1) is 0 Å². The number of benzene rings is 4. The monoisotopic (exact) mass is 537 g/mol. The van der Waals surface area contributed by atoms with Crippen LogP contribution in [0.15, 0.2) is 159 Å². The molecule has 2 heterocycles. The van der Waals surface area contributed by atoms with Crippen LogP contribution in [-0.4, -0.2) is 4.57 Å². The molecule has 0 saturated heterocycles. The number of aromatic nitrogens is 1. The lowest BCUT2D eigenvalue weighted by Crippen LogP contribution is -2.15. The number of hydrogen-bond acceptors (Lipinski definition) is 0. The zero-order valence-corrected chi connectivity index (χ0v) is 24.5. The van der Waals surface area contributed by atoms with Gasteiger partial charge in [0.25, 0.3) is 0 Å². The predicted octanol–water partition coefficient (Wildman–Crippen LogP) is 11.4. The number of allylic oxidation sites excluding steroid dienone is 9. The predicted molar refractivity (Wildman–Crippen MR) is 176 cm³/mol. The van der Waals surface area contributed by atoms with Gasteiger partial charge >= 0.3 is 0 Å². The zero-order chi connectivity index (χ0) is 27.7. The zero-order valence-electron chi connectivity index (χ0n) is 23.6. The lowest BCUT2D eigenvalue weighted by molar-refractivity contribution is 1.07. The molecule has 1 nitrogen and oxygen atoms in total. The summed E-state index contributed by atoms with van der Waals surface area (Å²) in [5.74, 6) is 0. The molecule has 0 saturated carbocycles. The van der Waals surface area contributed by atoms with Gasteiger partial charge in [0.05, 0.1) is 16.7 Å². The van der Waals surface area contributed by atoms with E-state index in [4.69, 9.17) is 0 Å². The average Bonchev–Trinajstić information content (AvgIpc) is 3.34. The average molecular weight is 538 g/mol. The van der Waals surface area contributed by atoms with Crippen molar-refractivity contribution < 1.29 is 0 Å². The highest BCUT2D eigenvalue weighted by atomic mass is 32.3. The van der Waals surface area contributed by atoms with Crippen molar-refractivity contribution in [1.82, 2.24) is 4.57 Å². The molecule has 40 heavy (non-hydrogen) atoms. The van der Waals surface area contributed by atoms with Gasteiger partial charge in [-0.15, -0.1) is 10.0 Å². The van der Waals surface area contributed by atoms with Gasteiger partial charge in [0.1, 0.15) is 0 Å². The first-order chi connectivity index (χ1) is 19.7. The van der Waals surface area contributed by atoms with Crippen LogP contribution in [0.1, 0.15) is 33.3 Å². The van der Waals surface area contributed by atoms with Crippen molar-refractivity contribution >= 4 is 37.4 Å². The molecule has 0 spiro atoms. The van der Waals surface area contributed by atoms with Crippen LogP contribution in [0.4, 0.5) is 0 Å². The number of fused-ring (bicyclic) bond motifs is 5. The van der Waals surface area contributed by atoms with Crippen LogP contribution >= 0.6 is 10.0 Å². The van der Waals surface area contributed by atoms with E-state index in [1.54, 1.807) is 0 Å². The summed E-state index contributed by atoms with van der Waals surface area (Å²) in [6.07, 6.45) is 17.5. The largest absolute Gasteiger partial charge is 0.307 e. The van der Waals surface area contributed by atoms with E-state index in [0.29, 0.717) is 0 Å². The Balaban J connectivity index is 1.82. The number of nitrogens with zero attached hydrogens (tertiary/aromatic N) is 1. The molecule has 0 fully saturated rings. The fraction of sp³-hybridized carbons (Fsp3) is 0.105. The molecule has 4 aromatic carbocycles. The minimum atomic E-state index is -1.78. The van der Waals surface area contributed by atoms with Crippen LogP contribution < -0.4 is 0 Å². The lowest BCUT2D eigenvalue weighted by Gasteiger charge is -2.46. The highest BCUT2D eigenvalue weighted by Gasteiger charge is 2.41. The number of rotatable bonds is 6. The fourth-order valence-corrected chi connectivity index (χ4v) is 10.3. The second-order valence-corrected chi connectivity index (χ2v) is 13.1. The van der Waals surface area contributed by atoms with Crippen LogP contribution in [0.3, 0.4) is 0 Å². The van der Waals surface area contributed by atoms with Crippen LogP contribution in [0.2, 0.25) is 0 Å². The van der Waals surface area contributed by atoms with Crippen molar-refractivity contribution in [3.8, 4) is 5.69 Å². The summed E-state index contributed by atoms with van der Waals surface area (Å²) in [6, 6.07) is 34.1. The van der Waals surface area contributed by atoms with E-state index in [-0.39, 0.29) is 0 Å². The van der Waals surface area contributed by atoms with E-state index in [0.717, 1.165) is 0 Å². The summed E-state index contributed by atoms with van der Waals surface area (Å²) < 4.78 is 2.52. The summed E-state index contributed by atoms with van der Waals surface area (Å²) in [6.45, 7) is 8.47. The molecule has 2 heteroatoms. The highest BCUT2D eigenvalue weighted by Crippen LogP contribution is 2.77. The van der Waals surface area contributed by atoms with Crippen molar-refractivity contribution in [3.05, 3.63) is 150 Å². The SMILES string of the molecule is C/C=C\C=C(/C)c1ccc2c(c1)c1cccc3c1n2-c1ccccc1S3(C(/C=C\C)=C/C=C\C)c1ccccc1. The van der Waals surface area contributed by atoms with Gasteiger partial charge in [-0.25, -0.2) is 0 Å².